The number of hydrogen-bond acceptors (Lipinski definition) is 4. The monoisotopic (exact) mass is 245 g/mol. The van der Waals surface area contributed by atoms with Crippen molar-refractivity contribution in [3.63, 3.8) is 0 Å². The van der Waals surface area contributed by atoms with Gasteiger partial charge in [-0.25, -0.2) is 0 Å². The van der Waals surface area contributed by atoms with Crippen LogP contribution in [-0.4, -0.2) is 10.5 Å². The lowest BCUT2D eigenvalue weighted by Crippen LogP contribution is -2.33. The highest BCUT2D eigenvalue weighted by molar-refractivity contribution is 5.59. The molecule has 1 fully saturated rings. The van der Waals surface area contributed by atoms with Gasteiger partial charge in [0.2, 0.25) is 0 Å². The summed E-state index contributed by atoms with van der Waals surface area (Å²) in [6.45, 7) is 4.22. The number of benzene rings is 1. The molecule has 5 nitrogen and oxygen atoms in total. The molecule has 1 aromatic rings. The number of nitro benzene ring substituents is 1. The summed E-state index contributed by atoms with van der Waals surface area (Å²) < 4.78 is 0. The van der Waals surface area contributed by atoms with Gasteiger partial charge in [0, 0.05) is 17.3 Å². The molecule has 0 spiro atoms. The maximum absolute atomic E-state index is 10.7. The van der Waals surface area contributed by atoms with Crippen LogP contribution >= 0.6 is 0 Å². The molecule has 0 aromatic heterocycles. The van der Waals surface area contributed by atoms with Crippen LogP contribution in [0.5, 0.6) is 0 Å². The Morgan fingerprint density at radius 2 is 2.17 bits per heavy atom. The highest BCUT2D eigenvalue weighted by Gasteiger charge is 2.37. The predicted octanol–water partition coefficient (Wildman–Crippen LogP) is 3.07. The summed E-state index contributed by atoms with van der Waals surface area (Å²) in [6, 6.07) is 6.44. The van der Waals surface area contributed by atoms with E-state index in [1.807, 2.05) is 6.07 Å². The summed E-state index contributed by atoms with van der Waals surface area (Å²) in [5.41, 5.74) is 0.668. The van der Waals surface area contributed by atoms with Gasteiger partial charge in [-0.3, -0.25) is 10.1 Å². The Hall–Kier alpha value is -2.09. The van der Waals surface area contributed by atoms with Gasteiger partial charge < -0.3 is 5.32 Å². The van der Waals surface area contributed by atoms with Crippen molar-refractivity contribution >= 4 is 11.4 Å². The molecule has 0 saturated heterocycles. The van der Waals surface area contributed by atoms with Crippen LogP contribution < -0.4 is 5.32 Å². The highest BCUT2D eigenvalue weighted by atomic mass is 16.6. The van der Waals surface area contributed by atoms with Crippen LogP contribution in [0.15, 0.2) is 18.2 Å². The van der Waals surface area contributed by atoms with Crippen molar-refractivity contribution < 1.29 is 4.92 Å². The van der Waals surface area contributed by atoms with Gasteiger partial charge in [0.25, 0.3) is 5.69 Å². The Morgan fingerprint density at radius 3 is 2.67 bits per heavy atom. The molecule has 1 aliphatic carbocycles. The summed E-state index contributed by atoms with van der Waals surface area (Å²) in [5.74, 6) is 0.637. The van der Waals surface area contributed by atoms with E-state index in [4.69, 9.17) is 5.26 Å². The molecule has 0 atom stereocenters. The summed E-state index contributed by atoms with van der Waals surface area (Å²) in [5, 5.41) is 23.0. The first-order valence-corrected chi connectivity index (χ1v) is 5.91. The summed E-state index contributed by atoms with van der Waals surface area (Å²) in [4.78, 5) is 10.2. The van der Waals surface area contributed by atoms with Gasteiger partial charge >= 0.3 is 0 Å². The molecule has 5 heteroatoms. The molecule has 1 saturated carbocycles. The fraction of sp³-hybridized carbons (Fsp3) is 0.462. The number of nitrogens with zero attached hydrogens (tertiary/aromatic N) is 2. The second-order valence-electron chi connectivity index (χ2n) is 5.22. The van der Waals surface area contributed by atoms with Gasteiger partial charge in [0.15, 0.2) is 0 Å². The molecule has 0 bridgehead atoms. The van der Waals surface area contributed by atoms with Crippen molar-refractivity contribution in [3.8, 4) is 6.07 Å². The minimum Gasteiger partial charge on any atom is -0.380 e. The van der Waals surface area contributed by atoms with E-state index in [9.17, 15) is 10.1 Å². The average Bonchev–Trinajstić information content (AvgIpc) is 3.11. The Labute approximate surface area is 106 Å². The first-order chi connectivity index (χ1) is 8.44. The number of hydrogen-bond donors (Lipinski definition) is 1. The van der Waals surface area contributed by atoms with Crippen molar-refractivity contribution in [2.24, 2.45) is 5.92 Å². The first kappa shape index (κ1) is 12.4. The van der Waals surface area contributed by atoms with E-state index in [1.54, 1.807) is 12.1 Å². The van der Waals surface area contributed by atoms with Crippen molar-refractivity contribution in [1.82, 2.24) is 0 Å². The number of nitriles is 1. The van der Waals surface area contributed by atoms with Crippen LogP contribution in [0.3, 0.4) is 0 Å². The SMILES string of the molecule is CC(C)(Nc1ccc([N+](=O)[O-])c(C#N)c1)C1CC1. The van der Waals surface area contributed by atoms with Gasteiger partial charge in [0.1, 0.15) is 11.6 Å². The maximum Gasteiger partial charge on any atom is 0.287 e. The summed E-state index contributed by atoms with van der Waals surface area (Å²) in [7, 11) is 0. The first-order valence-electron chi connectivity index (χ1n) is 5.91. The summed E-state index contributed by atoms with van der Waals surface area (Å²) in [6.07, 6.45) is 2.41. The smallest absolute Gasteiger partial charge is 0.287 e. The Balaban J connectivity index is 2.25. The normalized spacial score (nSPS) is 14.9. The molecule has 2 rings (SSSR count). The van der Waals surface area contributed by atoms with E-state index in [0.717, 1.165) is 5.69 Å². The quantitative estimate of drug-likeness (QED) is 0.653. The Bertz CT molecular complexity index is 528. The van der Waals surface area contributed by atoms with Gasteiger partial charge in [-0.05, 0) is 44.7 Å². The predicted molar refractivity (Wildman–Crippen MR) is 68.2 cm³/mol. The van der Waals surface area contributed by atoms with Gasteiger partial charge in [-0.15, -0.1) is 0 Å². The van der Waals surface area contributed by atoms with Crippen molar-refractivity contribution in [2.45, 2.75) is 32.2 Å². The van der Waals surface area contributed by atoms with Gasteiger partial charge in [-0.2, -0.15) is 5.26 Å². The van der Waals surface area contributed by atoms with Crippen LogP contribution in [0.1, 0.15) is 32.3 Å². The lowest BCUT2D eigenvalue weighted by molar-refractivity contribution is -0.385. The lowest BCUT2D eigenvalue weighted by atomic mass is 9.98. The second kappa shape index (κ2) is 4.30. The van der Waals surface area contributed by atoms with Crippen molar-refractivity contribution in [3.05, 3.63) is 33.9 Å². The standard InChI is InChI=1S/C13H15N3O2/c1-13(2,10-3-4-10)15-11-5-6-12(16(17)18)9(7-11)8-14/h5-7,10,15H,3-4H2,1-2H3. The van der Waals surface area contributed by atoms with Crippen LogP contribution in [0.2, 0.25) is 0 Å². The van der Waals surface area contributed by atoms with Gasteiger partial charge in [-0.1, -0.05) is 0 Å². The molecule has 0 amide bonds. The molecule has 0 radical (unpaired) electrons. The third-order valence-corrected chi connectivity index (χ3v) is 3.38. The summed E-state index contributed by atoms with van der Waals surface area (Å²) >= 11 is 0. The van der Waals surface area contributed by atoms with E-state index >= 15 is 0 Å². The van der Waals surface area contributed by atoms with Crippen LogP contribution in [0, 0.1) is 27.4 Å². The van der Waals surface area contributed by atoms with Crippen LogP contribution in [-0.2, 0) is 0 Å². The highest BCUT2D eigenvalue weighted by Crippen LogP contribution is 2.41. The van der Waals surface area contributed by atoms with Crippen LogP contribution in [0.4, 0.5) is 11.4 Å². The molecule has 94 valence electrons. The second-order valence-corrected chi connectivity index (χ2v) is 5.22. The number of nitro groups is 1. The minimum atomic E-state index is -0.533. The van der Waals surface area contributed by atoms with E-state index in [0.29, 0.717) is 5.92 Å². The molecule has 1 N–H and O–H groups in total. The van der Waals surface area contributed by atoms with Gasteiger partial charge in [0.05, 0.1) is 4.92 Å². The van der Waals surface area contributed by atoms with E-state index in [2.05, 4.69) is 19.2 Å². The molecule has 0 aliphatic heterocycles. The lowest BCUT2D eigenvalue weighted by Gasteiger charge is -2.27. The molecular weight excluding hydrogens is 230 g/mol. The maximum atomic E-state index is 10.7. The number of nitrogens with one attached hydrogen (secondary N) is 1. The molecular formula is C13H15N3O2. The Morgan fingerprint density at radius 1 is 1.50 bits per heavy atom. The van der Waals surface area contributed by atoms with E-state index in [1.165, 1.54) is 18.9 Å². The topological polar surface area (TPSA) is 79.0 Å². The fourth-order valence-corrected chi connectivity index (χ4v) is 2.14. The van der Waals surface area contributed by atoms with Crippen molar-refractivity contribution in [1.29, 1.82) is 5.26 Å². The van der Waals surface area contributed by atoms with Crippen molar-refractivity contribution in [2.75, 3.05) is 5.32 Å². The number of rotatable bonds is 4. The van der Waals surface area contributed by atoms with Crippen LogP contribution in [0.25, 0.3) is 0 Å². The fourth-order valence-electron chi connectivity index (χ4n) is 2.14. The largest absolute Gasteiger partial charge is 0.380 e. The molecule has 0 heterocycles. The Kier molecular flexibility index (Phi) is 2.95. The van der Waals surface area contributed by atoms with E-state index < -0.39 is 4.92 Å². The zero-order valence-corrected chi connectivity index (χ0v) is 10.4. The third kappa shape index (κ3) is 2.43. The average molecular weight is 245 g/mol. The molecule has 1 aromatic carbocycles. The van der Waals surface area contributed by atoms with E-state index in [-0.39, 0.29) is 16.8 Å². The number of anilines is 1. The zero-order chi connectivity index (χ0) is 13.3. The molecule has 18 heavy (non-hydrogen) atoms. The minimum absolute atomic E-state index is 0.0388. The zero-order valence-electron chi connectivity index (χ0n) is 10.4. The molecule has 0 unspecified atom stereocenters. The molecule has 1 aliphatic rings. The third-order valence-electron chi connectivity index (χ3n) is 3.38.